The topological polar surface area (TPSA) is 35.2 Å². The first-order valence-electron chi connectivity index (χ1n) is 4.38. The summed E-state index contributed by atoms with van der Waals surface area (Å²) in [5.41, 5.74) is 7.57. The molecule has 2 rings (SSSR count). The molecule has 2 N–H and O–H groups in total. The van der Waals surface area contributed by atoms with E-state index >= 15 is 0 Å². The van der Waals surface area contributed by atoms with E-state index in [1.165, 1.54) is 0 Å². The van der Waals surface area contributed by atoms with E-state index < -0.39 is 12.7 Å². The van der Waals surface area contributed by atoms with Crippen molar-refractivity contribution in [1.82, 2.24) is 0 Å². The molecule has 0 bridgehead atoms. The molecule has 13 heavy (non-hydrogen) atoms. The predicted molar refractivity (Wildman–Crippen MR) is 48.5 cm³/mol. The first kappa shape index (κ1) is 8.51. The second-order valence-electron chi connectivity index (χ2n) is 3.23. The molecule has 0 spiro atoms. The van der Waals surface area contributed by atoms with E-state index in [9.17, 15) is 4.39 Å². The number of benzene rings is 1. The van der Waals surface area contributed by atoms with Crippen molar-refractivity contribution in [2.24, 2.45) is 5.73 Å². The molecule has 0 amide bonds. The van der Waals surface area contributed by atoms with Crippen molar-refractivity contribution in [3.05, 3.63) is 29.3 Å². The Kier molecular flexibility index (Phi) is 2.19. The molecule has 3 heteroatoms. The Bertz CT molecular complexity index is 314. The summed E-state index contributed by atoms with van der Waals surface area (Å²) in [6, 6.07) is 5.14. The third-order valence-electron chi connectivity index (χ3n) is 2.31. The predicted octanol–water partition coefficient (Wildman–Crippen LogP) is 1.59. The third kappa shape index (κ3) is 1.52. The van der Waals surface area contributed by atoms with E-state index in [-0.39, 0.29) is 0 Å². The maximum atomic E-state index is 12.3. The number of fused-ring (bicyclic) bond motifs is 1. The van der Waals surface area contributed by atoms with E-state index in [0.717, 1.165) is 29.9 Å². The van der Waals surface area contributed by atoms with Crippen LogP contribution >= 0.6 is 0 Å². The van der Waals surface area contributed by atoms with Gasteiger partial charge in [0.2, 0.25) is 0 Å². The molecule has 0 fully saturated rings. The highest BCUT2D eigenvalue weighted by molar-refractivity contribution is 5.40. The zero-order valence-corrected chi connectivity index (χ0v) is 7.29. The molecular weight excluding hydrogens is 169 g/mol. The van der Waals surface area contributed by atoms with Crippen LogP contribution < -0.4 is 10.5 Å². The maximum Gasteiger partial charge on any atom is 0.122 e. The van der Waals surface area contributed by atoms with Crippen LogP contribution in [0.1, 0.15) is 17.2 Å². The quantitative estimate of drug-likeness (QED) is 0.752. The molecule has 0 saturated carbocycles. The van der Waals surface area contributed by atoms with Gasteiger partial charge in [0.25, 0.3) is 0 Å². The summed E-state index contributed by atoms with van der Waals surface area (Å²) in [6.07, 6.45) is 0.905. The smallest absolute Gasteiger partial charge is 0.122 e. The second-order valence-corrected chi connectivity index (χ2v) is 3.23. The molecule has 1 aliphatic heterocycles. The molecular formula is C10H12FNO. The van der Waals surface area contributed by atoms with Crippen LogP contribution in [0.5, 0.6) is 5.75 Å². The van der Waals surface area contributed by atoms with Crippen molar-refractivity contribution in [1.29, 1.82) is 0 Å². The van der Waals surface area contributed by atoms with Crippen LogP contribution in [0, 0.1) is 0 Å². The van der Waals surface area contributed by atoms with Gasteiger partial charge < -0.3 is 10.5 Å². The van der Waals surface area contributed by atoms with Gasteiger partial charge in [-0.3, -0.25) is 0 Å². The summed E-state index contributed by atoms with van der Waals surface area (Å²) in [4.78, 5) is 0. The summed E-state index contributed by atoms with van der Waals surface area (Å²) in [7, 11) is 0. The molecule has 1 aromatic rings. The zero-order valence-electron chi connectivity index (χ0n) is 7.29. The van der Waals surface area contributed by atoms with Crippen molar-refractivity contribution in [2.75, 3.05) is 13.3 Å². The highest BCUT2D eigenvalue weighted by Crippen LogP contribution is 2.27. The largest absolute Gasteiger partial charge is 0.493 e. The molecule has 0 saturated heterocycles. The molecule has 1 atom stereocenters. The van der Waals surface area contributed by atoms with Crippen LogP contribution in [0.25, 0.3) is 0 Å². The van der Waals surface area contributed by atoms with Gasteiger partial charge in [0.05, 0.1) is 12.6 Å². The van der Waals surface area contributed by atoms with Gasteiger partial charge in [-0.05, 0) is 17.2 Å². The van der Waals surface area contributed by atoms with E-state index in [0.29, 0.717) is 0 Å². The molecule has 70 valence electrons. The highest BCUT2D eigenvalue weighted by Gasteiger charge is 2.14. The molecule has 0 aliphatic carbocycles. The number of alkyl halides is 1. The van der Waals surface area contributed by atoms with Gasteiger partial charge in [-0.2, -0.15) is 0 Å². The molecule has 1 heterocycles. The Labute approximate surface area is 76.5 Å². The van der Waals surface area contributed by atoms with Crippen molar-refractivity contribution in [3.8, 4) is 5.75 Å². The van der Waals surface area contributed by atoms with E-state index in [2.05, 4.69) is 0 Å². The van der Waals surface area contributed by atoms with Gasteiger partial charge in [-0.1, -0.05) is 12.1 Å². The van der Waals surface area contributed by atoms with Gasteiger partial charge in [0, 0.05) is 6.42 Å². The highest BCUT2D eigenvalue weighted by atomic mass is 19.1. The minimum Gasteiger partial charge on any atom is -0.493 e. The minimum atomic E-state index is -0.514. The SMILES string of the molecule is N[C@H](CF)c1ccc2c(c1)CCO2. The molecule has 0 radical (unpaired) electrons. The Balaban J connectivity index is 2.30. The van der Waals surface area contributed by atoms with Gasteiger partial charge in [0.15, 0.2) is 0 Å². The fourth-order valence-corrected chi connectivity index (χ4v) is 1.53. The Hall–Kier alpha value is -1.09. The lowest BCUT2D eigenvalue weighted by molar-refractivity contribution is 0.356. The van der Waals surface area contributed by atoms with Crippen molar-refractivity contribution in [3.63, 3.8) is 0 Å². The zero-order chi connectivity index (χ0) is 9.26. The molecule has 2 nitrogen and oxygen atoms in total. The Morgan fingerprint density at radius 3 is 3.15 bits per heavy atom. The lowest BCUT2D eigenvalue weighted by Crippen LogP contribution is -2.12. The monoisotopic (exact) mass is 181 g/mol. The van der Waals surface area contributed by atoms with E-state index in [4.69, 9.17) is 10.5 Å². The fraction of sp³-hybridized carbons (Fsp3) is 0.400. The maximum absolute atomic E-state index is 12.3. The lowest BCUT2D eigenvalue weighted by atomic mass is 10.0. The van der Waals surface area contributed by atoms with Crippen LogP contribution in [0.3, 0.4) is 0 Å². The molecule has 1 aliphatic rings. The Morgan fingerprint density at radius 1 is 1.54 bits per heavy atom. The van der Waals surface area contributed by atoms with Gasteiger partial charge in [-0.15, -0.1) is 0 Å². The van der Waals surface area contributed by atoms with Gasteiger partial charge in [0.1, 0.15) is 12.4 Å². The lowest BCUT2D eigenvalue weighted by Gasteiger charge is -2.08. The van der Waals surface area contributed by atoms with Gasteiger partial charge >= 0.3 is 0 Å². The van der Waals surface area contributed by atoms with Crippen molar-refractivity contribution in [2.45, 2.75) is 12.5 Å². The normalized spacial score (nSPS) is 16.5. The summed E-state index contributed by atoms with van der Waals surface area (Å²) in [5, 5.41) is 0. The van der Waals surface area contributed by atoms with Crippen LogP contribution in [-0.4, -0.2) is 13.3 Å². The molecule has 1 aromatic carbocycles. The Morgan fingerprint density at radius 2 is 2.38 bits per heavy atom. The summed E-state index contributed by atoms with van der Waals surface area (Å²) in [6.45, 7) is 0.212. The average molecular weight is 181 g/mol. The standard InChI is InChI=1S/C10H12FNO/c11-6-9(12)7-1-2-10-8(5-7)3-4-13-10/h1-2,5,9H,3-4,6,12H2/t9-/m1/s1. The first-order chi connectivity index (χ1) is 6.31. The summed E-state index contributed by atoms with van der Waals surface area (Å²) < 4.78 is 17.6. The van der Waals surface area contributed by atoms with Gasteiger partial charge in [-0.25, -0.2) is 4.39 Å². The number of ether oxygens (including phenoxy) is 1. The average Bonchev–Trinajstić information content (AvgIpc) is 2.63. The second kappa shape index (κ2) is 3.34. The number of halogens is 1. The van der Waals surface area contributed by atoms with Crippen LogP contribution in [0.4, 0.5) is 4.39 Å². The van der Waals surface area contributed by atoms with Crippen molar-refractivity contribution < 1.29 is 9.13 Å². The summed E-state index contributed by atoms with van der Waals surface area (Å²) >= 11 is 0. The van der Waals surface area contributed by atoms with Crippen molar-refractivity contribution >= 4 is 0 Å². The minimum absolute atomic E-state index is 0.495. The first-order valence-corrected chi connectivity index (χ1v) is 4.38. The molecule has 0 unspecified atom stereocenters. The van der Waals surface area contributed by atoms with E-state index in [1.807, 2.05) is 18.2 Å². The summed E-state index contributed by atoms with van der Waals surface area (Å²) in [5.74, 6) is 0.912. The molecule has 0 aromatic heterocycles. The fourth-order valence-electron chi connectivity index (χ4n) is 1.53. The number of nitrogens with two attached hydrogens (primary N) is 1. The number of hydrogen-bond donors (Lipinski definition) is 1. The van der Waals surface area contributed by atoms with Crippen LogP contribution in [0.15, 0.2) is 18.2 Å². The van der Waals surface area contributed by atoms with Crippen LogP contribution in [-0.2, 0) is 6.42 Å². The third-order valence-corrected chi connectivity index (χ3v) is 2.31. The van der Waals surface area contributed by atoms with Crippen LogP contribution in [0.2, 0.25) is 0 Å². The number of hydrogen-bond acceptors (Lipinski definition) is 2. The van der Waals surface area contributed by atoms with E-state index in [1.54, 1.807) is 0 Å². The number of rotatable bonds is 2.